The van der Waals surface area contributed by atoms with Gasteiger partial charge in [-0.3, -0.25) is 10.1 Å². The SMILES string of the molecule is CNc1ncc([N+](=O)[O-])c(NC(C)c2ccc(F)cc2)n1. The van der Waals surface area contributed by atoms with E-state index in [9.17, 15) is 14.5 Å². The van der Waals surface area contributed by atoms with E-state index in [1.807, 2.05) is 0 Å². The minimum Gasteiger partial charge on any atom is -0.358 e. The number of anilines is 2. The van der Waals surface area contributed by atoms with Crippen LogP contribution in [0.3, 0.4) is 0 Å². The lowest BCUT2D eigenvalue weighted by atomic mass is 10.1. The third-order valence-corrected chi connectivity index (χ3v) is 2.91. The zero-order chi connectivity index (χ0) is 15.4. The average Bonchev–Trinajstić information content (AvgIpc) is 2.47. The first-order valence-electron chi connectivity index (χ1n) is 6.22. The Labute approximate surface area is 120 Å². The van der Waals surface area contributed by atoms with Gasteiger partial charge in [0.25, 0.3) is 0 Å². The quantitative estimate of drug-likeness (QED) is 0.650. The molecule has 2 N–H and O–H groups in total. The Balaban J connectivity index is 2.28. The summed E-state index contributed by atoms with van der Waals surface area (Å²) in [6, 6.07) is 5.61. The van der Waals surface area contributed by atoms with Crippen LogP contribution >= 0.6 is 0 Å². The van der Waals surface area contributed by atoms with Crippen molar-refractivity contribution in [3.8, 4) is 0 Å². The number of nitrogens with one attached hydrogen (secondary N) is 2. The molecule has 1 aromatic heterocycles. The number of rotatable bonds is 5. The Bertz CT molecular complexity index is 648. The van der Waals surface area contributed by atoms with Crippen molar-refractivity contribution in [1.82, 2.24) is 9.97 Å². The minimum absolute atomic E-state index is 0.108. The first kappa shape index (κ1) is 14.6. The standard InChI is InChI=1S/C13H14FN5O2/c1-8(9-3-5-10(14)6-4-9)17-12-11(19(20)21)7-16-13(15-2)18-12/h3-8H,1-2H3,(H2,15,16,17,18). The summed E-state index contributed by atoms with van der Waals surface area (Å²) in [7, 11) is 1.62. The molecule has 0 aliphatic rings. The van der Waals surface area contributed by atoms with Gasteiger partial charge in [0.2, 0.25) is 11.8 Å². The fraction of sp³-hybridized carbons (Fsp3) is 0.231. The molecular weight excluding hydrogens is 277 g/mol. The number of halogens is 1. The second-order valence-electron chi connectivity index (χ2n) is 4.35. The number of nitrogens with zero attached hydrogens (tertiary/aromatic N) is 3. The lowest BCUT2D eigenvalue weighted by molar-refractivity contribution is -0.384. The molecule has 8 heteroatoms. The zero-order valence-corrected chi connectivity index (χ0v) is 11.5. The van der Waals surface area contributed by atoms with Gasteiger partial charge < -0.3 is 10.6 Å². The molecule has 0 bridgehead atoms. The van der Waals surface area contributed by atoms with E-state index in [0.717, 1.165) is 11.8 Å². The van der Waals surface area contributed by atoms with Gasteiger partial charge in [-0.25, -0.2) is 9.37 Å². The molecule has 0 saturated carbocycles. The van der Waals surface area contributed by atoms with Crippen molar-refractivity contribution in [3.05, 3.63) is 52.0 Å². The van der Waals surface area contributed by atoms with Crippen LogP contribution in [-0.2, 0) is 0 Å². The second kappa shape index (κ2) is 6.12. The molecule has 1 heterocycles. The monoisotopic (exact) mass is 291 g/mol. The number of hydrogen-bond acceptors (Lipinski definition) is 6. The van der Waals surface area contributed by atoms with Crippen molar-refractivity contribution < 1.29 is 9.31 Å². The van der Waals surface area contributed by atoms with Gasteiger partial charge in [-0.1, -0.05) is 12.1 Å². The van der Waals surface area contributed by atoms with E-state index >= 15 is 0 Å². The molecule has 0 aliphatic heterocycles. The predicted octanol–water partition coefficient (Wildman–Crippen LogP) is 2.74. The Morgan fingerprint density at radius 2 is 2.00 bits per heavy atom. The normalized spacial score (nSPS) is 11.8. The maximum absolute atomic E-state index is 12.9. The van der Waals surface area contributed by atoms with Crippen molar-refractivity contribution in [2.45, 2.75) is 13.0 Å². The van der Waals surface area contributed by atoms with Crippen LogP contribution in [0.15, 0.2) is 30.5 Å². The summed E-state index contributed by atoms with van der Waals surface area (Å²) in [6.07, 6.45) is 1.14. The fourth-order valence-electron chi connectivity index (χ4n) is 1.78. The van der Waals surface area contributed by atoms with E-state index < -0.39 is 4.92 Å². The highest BCUT2D eigenvalue weighted by molar-refractivity contribution is 5.57. The van der Waals surface area contributed by atoms with Gasteiger partial charge in [-0.15, -0.1) is 0 Å². The molecule has 0 aliphatic carbocycles. The van der Waals surface area contributed by atoms with E-state index in [1.165, 1.54) is 12.1 Å². The summed E-state index contributed by atoms with van der Waals surface area (Å²) in [6.45, 7) is 1.80. The lowest BCUT2D eigenvalue weighted by Crippen LogP contribution is -2.11. The molecule has 7 nitrogen and oxygen atoms in total. The molecule has 0 saturated heterocycles. The van der Waals surface area contributed by atoms with E-state index in [-0.39, 0.29) is 29.3 Å². The van der Waals surface area contributed by atoms with E-state index in [1.54, 1.807) is 26.1 Å². The Morgan fingerprint density at radius 1 is 1.33 bits per heavy atom. The molecule has 0 spiro atoms. The molecular formula is C13H14FN5O2. The Kier molecular flexibility index (Phi) is 4.27. The van der Waals surface area contributed by atoms with Crippen LogP contribution in [0.25, 0.3) is 0 Å². The van der Waals surface area contributed by atoms with Crippen LogP contribution in [0.4, 0.5) is 21.8 Å². The molecule has 0 amide bonds. The highest BCUT2D eigenvalue weighted by atomic mass is 19.1. The highest BCUT2D eigenvalue weighted by Gasteiger charge is 2.19. The third-order valence-electron chi connectivity index (χ3n) is 2.91. The molecule has 21 heavy (non-hydrogen) atoms. The highest BCUT2D eigenvalue weighted by Crippen LogP contribution is 2.26. The van der Waals surface area contributed by atoms with Crippen LogP contribution < -0.4 is 10.6 Å². The lowest BCUT2D eigenvalue weighted by Gasteiger charge is -2.15. The van der Waals surface area contributed by atoms with Crippen LogP contribution in [0, 0.1) is 15.9 Å². The summed E-state index contributed by atoms with van der Waals surface area (Å²) in [5.41, 5.74) is 0.568. The Morgan fingerprint density at radius 3 is 2.57 bits per heavy atom. The van der Waals surface area contributed by atoms with Gasteiger partial charge in [-0.05, 0) is 24.6 Å². The molecule has 110 valence electrons. The smallest absolute Gasteiger partial charge is 0.329 e. The van der Waals surface area contributed by atoms with E-state index in [2.05, 4.69) is 20.6 Å². The Hall–Kier alpha value is -2.77. The van der Waals surface area contributed by atoms with Crippen LogP contribution in [0.2, 0.25) is 0 Å². The molecule has 1 aromatic carbocycles. The van der Waals surface area contributed by atoms with Gasteiger partial charge in [0, 0.05) is 7.05 Å². The van der Waals surface area contributed by atoms with Crippen LogP contribution in [0.1, 0.15) is 18.5 Å². The number of nitro groups is 1. The van der Waals surface area contributed by atoms with Crippen molar-refractivity contribution in [1.29, 1.82) is 0 Å². The second-order valence-corrected chi connectivity index (χ2v) is 4.35. The maximum Gasteiger partial charge on any atom is 0.329 e. The van der Waals surface area contributed by atoms with E-state index in [0.29, 0.717) is 0 Å². The fourth-order valence-corrected chi connectivity index (χ4v) is 1.78. The predicted molar refractivity (Wildman–Crippen MR) is 76.7 cm³/mol. The molecule has 2 aromatic rings. The van der Waals surface area contributed by atoms with Crippen molar-refractivity contribution in [2.75, 3.05) is 17.7 Å². The molecule has 0 radical (unpaired) electrons. The largest absolute Gasteiger partial charge is 0.358 e. The number of aromatic nitrogens is 2. The van der Waals surface area contributed by atoms with E-state index in [4.69, 9.17) is 0 Å². The van der Waals surface area contributed by atoms with Gasteiger partial charge in [0.15, 0.2) is 0 Å². The summed E-state index contributed by atoms with van der Waals surface area (Å²) in [5, 5.41) is 16.7. The number of benzene rings is 1. The van der Waals surface area contributed by atoms with Gasteiger partial charge >= 0.3 is 5.69 Å². The topological polar surface area (TPSA) is 93.0 Å². The minimum atomic E-state index is -0.556. The average molecular weight is 291 g/mol. The van der Waals surface area contributed by atoms with Crippen molar-refractivity contribution in [3.63, 3.8) is 0 Å². The van der Waals surface area contributed by atoms with Crippen LogP contribution in [-0.4, -0.2) is 21.9 Å². The summed E-state index contributed by atoms with van der Waals surface area (Å²) < 4.78 is 12.9. The third kappa shape index (κ3) is 3.41. The van der Waals surface area contributed by atoms with Gasteiger partial charge in [-0.2, -0.15) is 4.98 Å². The molecule has 0 fully saturated rings. The van der Waals surface area contributed by atoms with Gasteiger partial charge in [0.05, 0.1) is 11.0 Å². The van der Waals surface area contributed by atoms with Crippen molar-refractivity contribution in [2.24, 2.45) is 0 Å². The molecule has 1 unspecified atom stereocenters. The molecule has 2 rings (SSSR count). The molecule has 1 atom stereocenters. The van der Waals surface area contributed by atoms with Gasteiger partial charge in [0.1, 0.15) is 12.0 Å². The van der Waals surface area contributed by atoms with Crippen molar-refractivity contribution >= 4 is 17.5 Å². The zero-order valence-electron chi connectivity index (χ0n) is 11.5. The maximum atomic E-state index is 12.9. The first-order valence-corrected chi connectivity index (χ1v) is 6.22. The number of hydrogen-bond donors (Lipinski definition) is 2. The van der Waals surface area contributed by atoms with Crippen LogP contribution in [0.5, 0.6) is 0 Å². The first-order chi connectivity index (χ1) is 10.0. The summed E-state index contributed by atoms with van der Waals surface area (Å²) in [5.74, 6) is 0.0435. The summed E-state index contributed by atoms with van der Waals surface area (Å²) >= 11 is 0. The summed E-state index contributed by atoms with van der Waals surface area (Å²) in [4.78, 5) is 18.3.